The molecular weight excluding hydrogens is 250 g/mol. The second-order valence-corrected chi connectivity index (χ2v) is 4.42. The van der Waals surface area contributed by atoms with Gasteiger partial charge in [-0.3, -0.25) is 0 Å². The van der Waals surface area contributed by atoms with E-state index in [1.807, 2.05) is 25.1 Å². The van der Waals surface area contributed by atoms with Crippen molar-refractivity contribution < 1.29 is 4.74 Å². The zero-order chi connectivity index (χ0) is 13.0. The quantitative estimate of drug-likeness (QED) is 0.921. The summed E-state index contributed by atoms with van der Waals surface area (Å²) in [6, 6.07) is 7.42. The topological polar surface area (TPSA) is 61.0 Å². The minimum Gasteiger partial charge on any atom is -0.489 e. The van der Waals surface area contributed by atoms with Crippen LogP contribution in [0.3, 0.4) is 0 Å². The summed E-state index contributed by atoms with van der Waals surface area (Å²) in [6.45, 7) is 2.31. The molecule has 2 aromatic rings. The van der Waals surface area contributed by atoms with E-state index in [4.69, 9.17) is 22.1 Å². The van der Waals surface area contributed by atoms with Gasteiger partial charge in [0.25, 0.3) is 0 Å². The van der Waals surface area contributed by atoms with E-state index < -0.39 is 0 Å². The van der Waals surface area contributed by atoms with Crippen LogP contribution in [0.1, 0.15) is 6.92 Å². The fourth-order valence-corrected chi connectivity index (χ4v) is 1.62. The van der Waals surface area contributed by atoms with E-state index in [1.165, 1.54) is 0 Å². The number of rotatable bonds is 4. The van der Waals surface area contributed by atoms with Crippen LogP contribution in [0.2, 0.25) is 5.02 Å². The van der Waals surface area contributed by atoms with Gasteiger partial charge in [-0.25, -0.2) is 9.97 Å². The molecular formula is C13H14ClN3O. The Morgan fingerprint density at radius 2 is 1.94 bits per heavy atom. The first-order chi connectivity index (χ1) is 8.66. The van der Waals surface area contributed by atoms with Gasteiger partial charge in [0.15, 0.2) is 11.6 Å². The number of hydrogen-bond acceptors (Lipinski definition) is 4. The average Bonchev–Trinajstić information content (AvgIpc) is 2.38. The minimum atomic E-state index is -0.0201. The Hall–Kier alpha value is -1.65. The molecule has 1 aromatic heterocycles. The Kier molecular flexibility index (Phi) is 4.12. The van der Waals surface area contributed by atoms with E-state index in [2.05, 4.69) is 9.97 Å². The summed E-state index contributed by atoms with van der Waals surface area (Å²) in [4.78, 5) is 8.45. The smallest absolute Gasteiger partial charge is 0.160 e. The average molecular weight is 264 g/mol. The molecule has 1 heterocycles. The maximum absolute atomic E-state index is 6.07. The second-order valence-electron chi connectivity index (χ2n) is 4.01. The molecule has 94 valence electrons. The lowest BCUT2D eigenvalue weighted by Gasteiger charge is -2.08. The van der Waals surface area contributed by atoms with Crippen molar-refractivity contribution in [3.63, 3.8) is 0 Å². The molecule has 0 radical (unpaired) electrons. The summed E-state index contributed by atoms with van der Waals surface area (Å²) >= 11 is 6.07. The summed E-state index contributed by atoms with van der Waals surface area (Å²) in [7, 11) is 0. The highest BCUT2D eigenvalue weighted by Gasteiger charge is 2.06. The molecule has 2 rings (SSSR count). The van der Waals surface area contributed by atoms with Crippen LogP contribution in [0, 0.1) is 0 Å². The van der Waals surface area contributed by atoms with Gasteiger partial charge in [-0.2, -0.15) is 0 Å². The molecule has 1 unspecified atom stereocenters. The molecule has 18 heavy (non-hydrogen) atoms. The Balaban J connectivity index is 2.15. The van der Waals surface area contributed by atoms with Gasteiger partial charge >= 0.3 is 0 Å². The van der Waals surface area contributed by atoms with Gasteiger partial charge in [-0.05, 0) is 19.1 Å². The maximum atomic E-state index is 6.07. The number of hydrogen-bond donors (Lipinski definition) is 1. The Morgan fingerprint density at radius 1 is 1.28 bits per heavy atom. The zero-order valence-electron chi connectivity index (χ0n) is 10.0. The fraction of sp³-hybridized carbons (Fsp3) is 0.231. The summed E-state index contributed by atoms with van der Waals surface area (Å²) in [5.41, 5.74) is 6.40. The molecule has 0 fully saturated rings. The SMILES string of the molecule is CC(N)COc1cnc(-c2ccccc2Cl)nc1. The first kappa shape index (κ1) is 12.8. The summed E-state index contributed by atoms with van der Waals surface area (Å²) in [5, 5.41) is 0.627. The monoisotopic (exact) mass is 263 g/mol. The van der Waals surface area contributed by atoms with Crippen LogP contribution in [0.4, 0.5) is 0 Å². The van der Waals surface area contributed by atoms with Crippen LogP contribution >= 0.6 is 11.6 Å². The van der Waals surface area contributed by atoms with Gasteiger partial charge < -0.3 is 10.5 Å². The molecule has 1 atom stereocenters. The molecule has 0 spiro atoms. The summed E-state index contributed by atoms with van der Waals surface area (Å²) < 4.78 is 5.41. The van der Waals surface area contributed by atoms with Crippen LogP contribution in [0.25, 0.3) is 11.4 Å². The van der Waals surface area contributed by atoms with Crippen LogP contribution in [-0.4, -0.2) is 22.6 Å². The number of benzene rings is 1. The lowest BCUT2D eigenvalue weighted by Crippen LogP contribution is -2.23. The molecule has 0 bridgehead atoms. The van der Waals surface area contributed by atoms with Gasteiger partial charge in [0.05, 0.1) is 17.4 Å². The van der Waals surface area contributed by atoms with Crippen molar-refractivity contribution in [1.29, 1.82) is 0 Å². The van der Waals surface area contributed by atoms with Crippen molar-refractivity contribution in [1.82, 2.24) is 9.97 Å². The van der Waals surface area contributed by atoms with Crippen molar-refractivity contribution in [2.75, 3.05) is 6.61 Å². The van der Waals surface area contributed by atoms with Crippen molar-refractivity contribution in [2.24, 2.45) is 5.73 Å². The van der Waals surface area contributed by atoms with E-state index in [0.29, 0.717) is 23.2 Å². The van der Waals surface area contributed by atoms with Crippen molar-refractivity contribution in [2.45, 2.75) is 13.0 Å². The van der Waals surface area contributed by atoms with Gasteiger partial charge in [-0.15, -0.1) is 0 Å². The molecule has 5 heteroatoms. The van der Waals surface area contributed by atoms with Crippen LogP contribution in [0.15, 0.2) is 36.7 Å². The van der Waals surface area contributed by atoms with Crippen molar-refractivity contribution in [3.05, 3.63) is 41.7 Å². The number of aromatic nitrogens is 2. The van der Waals surface area contributed by atoms with E-state index in [9.17, 15) is 0 Å². The molecule has 0 aliphatic rings. The third-order valence-electron chi connectivity index (χ3n) is 2.26. The largest absolute Gasteiger partial charge is 0.489 e. The molecule has 0 aliphatic heterocycles. The standard InChI is InChI=1S/C13H14ClN3O/c1-9(15)8-18-10-6-16-13(17-7-10)11-4-2-3-5-12(11)14/h2-7,9H,8,15H2,1H3. The lowest BCUT2D eigenvalue weighted by molar-refractivity contribution is 0.294. The Morgan fingerprint density at radius 3 is 2.56 bits per heavy atom. The summed E-state index contributed by atoms with van der Waals surface area (Å²) in [5.74, 6) is 1.18. The van der Waals surface area contributed by atoms with Crippen molar-refractivity contribution >= 4 is 11.6 Å². The van der Waals surface area contributed by atoms with Gasteiger partial charge in [-0.1, -0.05) is 23.7 Å². The third-order valence-corrected chi connectivity index (χ3v) is 2.59. The van der Waals surface area contributed by atoms with E-state index >= 15 is 0 Å². The van der Waals surface area contributed by atoms with E-state index in [1.54, 1.807) is 18.5 Å². The maximum Gasteiger partial charge on any atom is 0.160 e. The predicted octanol–water partition coefficient (Wildman–Crippen LogP) is 2.52. The second kappa shape index (κ2) is 5.80. The number of halogens is 1. The highest BCUT2D eigenvalue weighted by Crippen LogP contribution is 2.24. The van der Waals surface area contributed by atoms with Crippen LogP contribution in [0.5, 0.6) is 5.75 Å². The molecule has 1 aromatic carbocycles. The predicted molar refractivity (Wildman–Crippen MR) is 71.6 cm³/mol. The Bertz CT molecular complexity index is 514. The highest BCUT2D eigenvalue weighted by molar-refractivity contribution is 6.33. The lowest BCUT2D eigenvalue weighted by atomic mass is 10.2. The number of ether oxygens (including phenoxy) is 1. The molecule has 0 saturated heterocycles. The van der Waals surface area contributed by atoms with Gasteiger partial charge in [0.2, 0.25) is 0 Å². The number of nitrogens with two attached hydrogens (primary N) is 1. The molecule has 4 nitrogen and oxygen atoms in total. The first-order valence-corrected chi connectivity index (χ1v) is 6.00. The molecule has 0 amide bonds. The van der Waals surface area contributed by atoms with Gasteiger partial charge in [0, 0.05) is 11.6 Å². The van der Waals surface area contributed by atoms with Gasteiger partial charge in [0.1, 0.15) is 6.61 Å². The minimum absolute atomic E-state index is 0.0201. The summed E-state index contributed by atoms with van der Waals surface area (Å²) in [6.07, 6.45) is 3.24. The number of nitrogens with zero attached hydrogens (tertiary/aromatic N) is 2. The molecule has 0 aliphatic carbocycles. The van der Waals surface area contributed by atoms with E-state index in [-0.39, 0.29) is 6.04 Å². The third kappa shape index (κ3) is 3.18. The zero-order valence-corrected chi connectivity index (χ0v) is 10.8. The van der Waals surface area contributed by atoms with Crippen molar-refractivity contribution in [3.8, 4) is 17.1 Å². The van der Waals surface area contributed by atoms with E-state index in [0.717, 1.165) is 5.56 Å². The molecule has 2 N–H and O–H groups in total. The normalized spacial score (nSPS) is 12.2. The fourth-order valence-electron chi connectivity index (χ4n) is 1.40. The first-order valence-electron chi connectivity index (χ1n) is 5.62. The highest BCUT2D eigenvalue weighted by atomic mass is 35.5. The van der Waals surface area contributed by atoms with Crippen LogP contribution < -0.4 is 10.5 Å². The molecule has 0 saturated carbocycles. The van der Waals surface area contributed by atoms with Crippen LogP contribution in [-0.2, 0) is 0 Å². The Labute approximate surface area is 111 Å².